The van der Waals surface area contributed by atoms with E-state index >= 15 is 0 Å². The number of piperidine rings is 1. The fraction of sp³-hybridized carbons (Fsp3) is 0.647. The minimum atomic E-state index is 0.0490. The zero-order valence-corrected chi connectivity index (χ0v) is 15.9. The number of anilines is 1. The summed E-state index contributed by atoms with van der Waals surface area (Å²) in [7, 11) is 0. The van der Waals surface area contributed by atoms with Crippen molar-refractivity contribution in [1.29, 1.82) is 0 Å². The molecule has 0 aliphatic carbocycles. The van der Waals surface area contributed by atoms with Gasteiger partial charge in [0.2, 0.25) is 0 Å². The Hall–Kier alpha value is -1.18. The zero-order chi connectivity index (χ0) is 16.7. The van der Waals surface area contributed by atoms with Gasteiger partial charge in [-0.25, -0.2) is 4.98 Å². The van der Waals surface area contributed by atoms with Gasteiger partial charge in [0.1, 0.15) is 4.83 Å². The third-order valence-electron chi connectivity index (χ3n) is 5.12. The molecule has 130 valence electrons. The smallest absolute Gasteiger partial charge is 0.261 e. The minimum Gasteiger partial charge on any atom is -0.348 e. The molecule has 4 rings (SSSR count). The predicted molar refractivity (Wildman–Crippen MR) is 101 cm³/mol. The number of aromatic nitrogens is 1. The van der Waals surface area contributed by atoms with Gasteiger partial charge in [0.25, 0.3) is 5.91 Å². The van der Waals surface area contributed by atoms with Crippen LogP contribution in [0.4, 0.5) is 5.13 Å². The molecule has 0 saturated carbocycles. The van der Waals surface area contributed by atoms with Gasteiger partial charge < -0.3 is 15.5 Å². The molecule has 0 aromatic carbocycles. The molecular weight excluding hydrogens is 340 g/mol. The first-order chi connectivity index (χ1) is 11.5. The topological polar surface area (TPSA) is 57.3 Å². The normalized spacial score (nSPS) is 23.8. The molecule has 5 nitrogen and oxygen atoms in total. The first-order valence-electron chi connectivity index (χ1n) is 8.70. The van der Waals surface area contributed by atoms with Crippen molar-refractivity contribution in [3.05, 3.63) is 10.9 Å². The highest BCUT2D eigenvalue weighted by Crippen LogP contribution is 2.36. The third kappa shape index (κ3) is 3.05. The highest BCUT2D eigenvalue weighted by Gasteiger charge is 2.33. The van der Waals surface area contributed by atoms with E-state index in [1.165, 1.54) is 24.2 Å². The highest BCUT2D eigenvalue weighted by atomic mass is 32.1. The average Bonchev–Trinajstić information content (AvgIpc) is 3.23. The van der Waals surface area contributed by atoms with Gasteiger partial charge in [0.05, 0.1) is 9.58 Å². The fourth-order valence-electron chi connectivity index (χ4n) is 3.55. The molecular formula is C17H24N4OS2. The lowest BCUT2D eigenvalue weighted by Crippen LogP contribution is -2.54. The summed E-state index contributed by atoms with van der Waals surface area (Å²) in [6, 6.07) is 2.24. The highest BCUT2D eigenvalue weighted by molar-refractivity contribution is 7.29. The molecule has 7 heteroatoms. The van der Waals surface area contributed by atoms with E-state index in [1.807, 2.05) is 6.07 Å². The summed E-state index contributed by atoms with van der Waals surface area (Å²) in [6.07, 6.45) is 3.50. The number of fused-ring (bicyclic) bond motifs is 1. The van der Waals surface area contributed by atoms with E-state index in [0.29, 0.717) is 0 Å². The minimum absolute atomic E-state index is 0.0490. The van der Waals surface area contributed by atoms with Crippen molar-refractivity contribution in [3.63, 3.8) is 0 Å². The number of carbonyl (C=O) groups is 1. The zero-order valence-electron chi connectivity index (χ0n) is 14.2. The summed E-state index contributed by atoms with van der Waals surface area (Å²) in [5.74, 6) is 0.0490. The molecule has 1 amide bonds. The number of nitrogens with one attached hydrogen (secondary N) is 2. The molecule has 2 aliphatic heterocycles. The Kier molecular flexibility index (Phi) is 4.26. The molecule has 24 heavy (non-hydrogen) atoms. The molecule has 2 N–H and O–H groups in total. The summed E-state index contributed by atoms with van der Waals surface area (Å²) in [4.78, 5) is 21.5. The van der Waals surface area contributed by atoms with Crippen molar-refractivity contribution in [1.82, 2.24) is 15.6 Å². The van der Waals surface area contributed by atoms with Crippen molar-refractivity contribution < 1.29 is 4.79 Å². The van der Waals surface area contributed by atoms with Gasteiger partial charge in [-0.1, -0.05) is 25.2 Å². The van der Waals surface area contributed by atoms with Crippen molar-refractivity contribution in [2.45, 2.75) is 39.2 Å². The standard InChI is InChI=1S/C17H24N4OS2/c1-17(2)10-18-6-5-13(17)19-14(22)11-9-12-15(23-11)20-16(24-12)21-7-3-4-8-21/h9,13,18H,3-8,10H2,1-2H3,(H,19,22). The molecule has 1 atom stereocenters. The van der Waals surface area contributed by atoms with Crippen LogP contribution in [0.25, 0.3) is 9.53 Å². The van der Waals surface area contributed by atoms with Gasteiger partial charge in [-0.2, -0.15) is 0 Å². The summed E-state index contributed by atoms with van der Waals surface area (Å²) in [6.45, 7) is 8.55. The Morgan fingerprint density at radius 1 is 1.38 bits per heavy atom. The number of hydrogen-bond donors (Lipinski definition) is 2. The molecule has 0 bridgehead atoms. The van der Waals surface area contributed by atoms with Crippen LogP contribution in [0, 0.1) is 5.41 Å². The van der Waals surface area contributed by atoms with E-state index in [4.69, 9.17) is 4.98 Å². The molecule has 2 fully saturated rings. The van der Waals surface area contributed by atoms with Crippen LogP contribution in [0.1, 0.15) is 42.8 Å². The van der Waals surface area contributed by atoms with E-state index in [-0.39, 0.29) is 17.4 Å². The van der Waals surface area contributed by atoms with E-state index in [1.54, 1.807) is 11.3 Å². The monoisotopic (exact) mass is 364 g/mol. The van der Waals surface area contributed by atoms with Crippen LogP contribution in [0.5, 0.6) is 0 Å². The van der Waals surface area contributed by atoms with Crippen molar-refractivity contribution >= 4 is 43.2 Å². The molecule has 1 unspecified atom stereocenters. The maximum atomic E-state index is 12.7. The van der Waals surface area contributed by atoms with E-state index in [9.17, 15) is 4.79 Å². The van der Waals surface area contributed by atoms with Gasteiger partial charge in [-0.05, 0) is 37.3 Å². The van der Waals surface area contributed by atoms with Gasteiger partial charge in [0, 0.05) is 25.7 Å². The van der Waals surface area contributed by atoms with Crippen LogP contribution < -0.4 is 15.5 Å². The fourth-order valence-corrected chi connectivity index (χ4v) is 5.71. The quantitative estimate of drug-likeness (QED) is 0.879. The lowest BCUT2D eigenvalue weighted by molar-refractivity contribution is 0.0873. The first kappa shape index (κ1) is 16.3. The van der Waals surface area contributed by atoms with E-state index in [2.05, 4.69) is 29.4 Å². The van der Waals surface area contributed by atoms with Crippen molar-refractivity contribution in [3.8, 4) is 0 Å². The predicted octanol–water partition coefficient (Wildman–Crippen LogP) is 3.08. The van der Waals surface area contributed by atoms with Crippen LogP contribution in [0.2, 0.25) is 0 Å². The Balaban J connectivity index is 1.49. The van der Waals surface area contributed by atoms with Crippen LogP contribution in [-0.2, 0) is 0 Å². The summed E-state index contributed by atoms with van der Waals surface area (Å²) in [5, 5.41) is 7.76. The van der Waals surface area contributed by atoms with Crippen molar-refractivity contribution in [2.75, 3.05) is 31.1 Å². The number of thiazole rings is 1. The molecule has 2 aromatic heterocycles. The lowest BCUT2D eigenvalue weighted by Gasteiger charge is -2.39. The van der Waals surface area contributed by atoms with E-state index < -0.39 is 0 Å². The molecule has 2 aromatic rings. The maximum absolute atomic E-state index is 12.7. The Morgan fingerprint density at radius 2 is 2.17 bits per heavy atom. The largest absolute Gasteiger partial charge is 0.348 e. The molecule has 4 heterocycles. The first-order valence-corrected chi connectivity index (χ1v) is 10.3. The number of amides is 1. The van der Waals surface area contributed by atoms with E-state index in [0.717, 1.165) is 52.1 Å². The van der Waals surface area contributed by atoms with Gasteiger partial charge in [-0.3, -0.25) is 4.79 Å². The second kappa shape index (κ2) is 6.28. The second-order valence-corrected chi connectivity index (χ2v) is 9.49. The summed E-state index contributed by atoms with van der Waals surface area (Å²) in [5.41, 5.74) is 0.0870. The van der Waals surface area contributed by atoms with Gasteiger partial charge in [0.15, 0.2) is 5.13 Å². The number of hydrogen-bond acceptors (Lipinski definition) is 6. The lowest BCUT2D eigenvalue weighted by atomic mass is 9.80. The van der Waals surface area contributed by atoms with Crippen LogP contribution in [0.15, 0.2) is 6.07 Å². The molecule has 2 saturated heterocycles. The SMILES string of the molecule is CC1(C)CNCCC1NC(=O)c1cc2sc(N3CCCC3)nc2s1. The van der Waals surface area contributed by atoms with Crippen molar-refractivity contribution in [2.24, 2.45) is 5.41 Å². The van der Waals surface area contributed by atoms with Crippen LogP contribution in [-0.4, -0.2) is 43.1 Å². The Morgan fingerprint density at radius 3 is 2.88 bits per heavy atom. The summed E-state index contributed by atoms with van der Waals surface area (Å²) >= 11 is 3.23. The number of thiophene rings is 1. The average molecular weight is 365 g/mol. The number of carbonyl (C=O) groups excluding carboxylic acids is 1. The number of nitrogens with zero attached hydrogens (tertiary/aromatic N) is 2. The second-order valence-electron chi connectivity index (χ2n) is 7.45. The molecule has 2 aliphatic rings. The van der Waals surface area contributed by atoms with Gasteiger partial charge in [-0.15, -0.1) is 11.3 Å². The van der Waals surface area contributed by atoms with Crippen LogP contribution in [0.3, 0.4) is 0 Å². The molecule has 0 radical (unpaired) electrons. The Labute approximate surface area is 150 Å². The molecule has 0 spiro atoms. The Bertz CT molecular complexity index is 713. The third-order valence-corrected chi connectivity index (χ3v) is 7.34. The maximum Gasteiger partial charge on any atom is 0.261 e. The number of rotatable bonds is 3. The van der Waals surface area contributed by atoms with Crippen LogP contribution >= 0.6 is 22.7 Å². The summed E-state index contributed by atoms with van der Waals surface area (Å²) < 4.78 is 1.14. The van der Waals surface area contributed by atoms with Gasteiger partial charge >= 0.3 is 0 Å².